The lowest BCUT2D eigenvalue weighted by atomic mass is 10.1. The number of hydrogen-bond acceptors (Lipinski definition) is 8. The highest BCUT2D eigenvalue weighted by Crippen LogP contribution is 2.24. The maximum absolute atomic E-state index is 12.7. The minimum Gasteiger partial charge on any atom is -0.497 e. The van der Waals surface area contributed by atoms with Gasteiger partial charge in [-0.05, 0) is 51.3 Å². The van der Waals surface area contributed by atoms with Crippen molar-refractivity contribution in [3.63, 3.8) is 0 Å². The quantitative estimate of drug-likeness (QED) is 0.537. The van der Waals surface area contributed by atoms with Crippen LogP contribution in [0.15, 0.2) is 49.2 Å². The molecule has 1 aliphatic rings. The third-order valence-electron chi connectivity index (χ3n) is 5.74. The summed E-state index contributed by atoms with van der Waals surface area (Å²) in [4.78, 5) is 32.2. The number of amides is 1. The van der Waals surface area contributed by atoms with Gasteiger partial charge < -0.3 is 19.7 Å². The Labute approximate surface area is 205 Å². The van der Waals surface area contributed by atoms with Gasteiger partial charge in [-0.15, -0.1) is 0 Å². The number of benzene rings is 1. The van der Waals surface area contributed by atoms with E-state index in [9.17, 15) is 4.79 Å². The number of carbonyl (C=O) groups is 1. The summed E-state index contributed by atoms with van der Waals surface area (Å²) < 4.78 is 10.9. The smallest absolute Gasteiger partial charge is 0.410 e. The lowest BCUT2D eigenvalue weighted by molar-refractivity contribution is 0.0235. The largest absolute Gasteiger partial charge is 0.497 e. The highest BCUT2D eigenvalue weighted by atomic mass is 16.6. The molecule has 4 rings (SSSR count). The van der Waals surface area contributed by atoms with Gasteiger partial charge in [0.1, 0.15) is 23.5 Å². The molecule has 1 aliphatic heterocycles. The van der Waals surface area contributed by atoms with Crippen molar-refractivity contribution in [1.82, 2.24) is 24.8 Å². The first-order valence-corrected chi connectivity index (χ1v) is 11.8. The Morgan fingerprint density at radius 2 is 1.89 bits per heavy atom. The molecule has 1 N–H and O–H groups in total. The van der Waals surface area contributed by atoms with E-state index in [0.717, 1.165) is 35.4 Å². The number of ether oxygens (including phenoxy) is 2. The van der Waals surface area contributed by atoms with Gasteiger partial charge in [0, 0.05) is 37.5 Å². The molecule has 0 radical (unpaired) electrons. The van der Waals surface area contributed by atoms with Crippen LogP contribution in [0.5, 0.6) is 5.75 Å². The van der Waals surface area contributed by atoms with Gasteiger partial charge >= 0.3 is 6.09 Å². The third-order valence-corrected chi connectivity index (χ3v) is 5.74. The molecule has 9 nitrogen and oxygen atoms in total. The Morgan fingerprint density at radius 1 is 1.14 bits per heavy atom. The van der Waals surface area contributed by atoms with Crippen molar-refractivity contribution in [2.24, 2.45) is 0 Å². The first-order chi connectivity index (χ1) is 16.8. The van der Waals surface area contributed by atoms with E-state index in [0.29, 0.717) is 31.0 Å². The maximum Gasteiger partial charge on any atom is 0.410 e. The number of anilines is 1. The average Bonchev–Trinajstić information content (AvgIpc) is 3.32. The molecule has 3 aromatic rings. The van der Waals surface area contributed by atoms with Crippen LogP contribution >= 0.6 is 0 Å². The molecule has 0 spiro atoms. The zero-order valence-corrected chi connectivity index (χ0v) is 20.7. The highest BCUT2D eigenvalue weighted by molar-refractivity contribution is 5.69. The van der Waals surface area contributed by atoms with Crippen molar-refractivity contribution in [2.45, 2.75) is 51.7 Å². The number of nitrogens with one attached hydrogen (secondary N) is 1. The SMILES string of the molecule is COc1ccc(Cc2nc(-c3cncnc3)cnc2NCC2CCCN2C(=O)OC(C)(C)C)cc1. The van der Waals surface area contributed by atoms with Crippen LogP contribution in [0.4, 0.5) is 10.6 Å². The molecule has 184 valence electrons. The van der Waals surface area contributed by atoms with Crippen molar-refractivity contribution >= 4 is 11.9 Å². The van der Waals surface area contributed by atoms with Crippen molar-refractivity contribution in [2.75, 3.05) is 25.5 Å². The number of rotatable bonds is 7. The predicted molar refractivity (Wildman–Crippen MR) is 133 cm³/mol. The van der Waals surface area contributed by atoms with Gasteiger partial charge in [-0.3, -0.25) is 0 Å². The van der Waals surface area contributed by atoms with E-state index in [1.165, 1.54) is 6.33 Å². The zero-order chi connectivity index (χ0) is 24.8. The molecule has 1 amide bonds. The standard InChI is InChI=1S/C26H32N6O3/c1-26(2,3)35-25(33)32-11-5-6-20(32)15-29-24-22(12-18-7-9-21(34-4)10-8-18)31-23(16-30-24)19-13-27-17-28-14-19/h7-10,13-14,16-17,20H,5-6,11-12,15H2,1-4H3,(H,29,30). The number of methoxy groups -OCH3 is 1. The van der Waals surface area contributed by atoms with Gasteiger partial charge in [-0.1, -0.05) is 12.1 Å². The normalized spacial score (nSPS) is 15.7. The van der Waals surface area contributed by atoms with Crippen molar-refractivity contribution in [3.8, 4) is 17.0 Å². The van der Waals surface area contributed by atoms with Crippen LogP contribution in [-0.2, 0) is 11.2 Å². The average molecular weight is 477 g/mol. The Bertz CT molecular complexity index is 1130. The lowest BCUT2D eigenvalue weighted by Crippen LogP contribution is -2.42. The molecule has 9 heteroatoms. The molecule has 2 aromatic heterocycles. The Morgan fingerprint density at radius 3 is 2.57 bits per heavy atom. The summed E-state index contributed by atoms with van der Waals surface area (Å²) in [6.07, 6.45) is 8.82. The van der Waals surface area contributed by atoms with E-state index in [1.54, 1.807) is 25.7 Å². The van der Waals surface area contributed by atoms with Crippen LogP contribution in [-0.4, -0.2) is 62.8 Å². The molecule has 1 unspecified atom stereocenters. The molecule has 0 bridgehead atoms. The molecular weight excluding hydrogens is 444 g/mol. The van der Waals surface area contributed by atoms with Crippen molar-refractivity contribution in [3.05, 3.63) is 60.4 Å². The maximum atomic E-state index is 12.7. The summed E-state index contributed by atoms with van der Waals surface area (Å²) >= 11 is 0. The summed E-state index contributed by atoms with van der Waals surface area (Å²) in [5.74, 6) is 1.49. The molecular formula is C26H32N6O3. The first-order valence-electron chi connectivity index (χ1n) is 11.8. The topological polar surface area (TPSA) is 102 Å². The number of hydrogen-bond donors (Lipinski definition) is 1. The second kappa shape index (κ2) is 10.7. The molecule has 0 aliphatic carbocycles. The zero-order valence-electron chi connectivity index (χ0n) is 20.7. The van der Waals surface area contributed by atoms with Gasteiger partial charge in [0.05, 0.1) is 30.7 Å². The molecule has 1 saturated heterocycles. The van der Waals surface area contributed by atoms with Crippen LogP contribution in [0, 0.1) is 0 Å². The highest BCUT2D eigenvalue weighted by Gasteiger charge is 2.32. The van der Waals surface area contributed by atoms with Gasteiger partial charge in [-0.25, -0.2) is 24.7 Å². The minimum absolute atomic E-state index is 0.0303. The second-order valence-corrected chi connectivity index (χ2v) is 9.55. The molecule has 3 heterocycles. The summed E-state index contributed by atoms with van der Waals surface area (Å²) in [7, 11) is 1.65. The molecule has 1 fully saturated rings. The molecule has 1 atom stereocenters. The second-order valence-electron chi connectivity index (χ2n) is 9.55. The fourth-order valence-electron chi connectivity index (χ4n) is 4.03. The summed E-state index contributed by atoms with van der Waals surface area (Å²) in [6, 6.07) is 7.93. The van der Waals surface area contributed by atoms with Crippen LogP contribution in [0.1, 0.15) is 44.9 Å². The predicted octanol–water partition coefficient (Wildman–Crippen LogP) is 4.34. The van der Waals surface area contributed by atoms with Gasteiger partial charge in [-0.2, -0.15) is 0 Å². The van der Waals surface area contributed by atoms with E-state index in [1.807, 2.05) is 49.9 Å². The molecule has 0 saturated carbocycles. The monoisotopic (exact) mass is 476 g/mol. The van der Waals surface area contributed by atoms with E-state index < -0.39 is 5.60 Å². The van der Waals surface area contributed by atoms with Crippen LogP contribution in [0.2, 0.25) is 0 Å². The van der Waals surface area contributed by atoms with E-state index in [2.05, 4.69) is 20.3 Å². The van der Waals surface area contributed by atoms with Crippen LogP contribution < -0.4 is 10.1 Å². The minimum atomic E-state index is -0.522. The molecule has 1 aromatic carbocycles. The van der Waals surface area contributed by atoms with E-state index >= 15 is 0 Å². The van der Waals surface area contributed by atoms with Gasteiger partial charge in [0.15, 0.2) is 0 Å². The number of carbonyl (C=O) groups excluding carboxylic acids is 1. The van der Waals surface area contributed by atoms with E-state index in [4.69, 9.17) is 14.5 Å². The first kappa shape index (κ1) is 24.4. The summed E-state index contributed by atoms with van der Waals surface area (Å²) in [5, 5.41) is 3.45. The van der Waals surface area contributed by atoms with Gasteiger partial charge in [0.25, 0.3) is 0 Å². The summed E-state index contributed by atoms with van der Waals surface area (Å²) in [5.41, 5.74) is 2.87. The number of aromatic nitrogens is 4. The molecule has 35 heavy (non-hydrogen) atoms. The lowest BCUT2D eigenvalue weighted by Gasteiger charge is -2.29. The van der Waals surface area contributed by atoms with Crippen molar-refractivity contribution < 1.29 is 14.3 Å². The van der Waals surface area contributed by atoms with E-state index in [-0.39, 0.29) is 12.1 Å². The van der Waals surface area contributed by atoms with Crippen molar-refractivity contribution in [1.29, 1.82) is 0 Å². The Hall–Kier alpha value is -3.75. The number of nitrogens with zero attached hydrogens (tertiary/aromatic N) is 5. The van der Waals surface area contributed by atoms with Crippen LogP contribution in [0.3, 0.4) is 0 Å². The Balaban J connectivity index is 1.54. The fraction of sp³-hybridized carbons (Fsp3) is 0.423. The van der Waals surface area contributed by atoms with Crippen LogP contribution in [0.25, 0.3) is 11.3 Å². The number of likely N-dealkylation sites (tertiary alicyclic amines) is 1. The third kappa shape index (κ3) is 6.44. The Kier molecular flexibility index (Phi) is 7.43. The fourth-order valence-corrected chi connectivity index (χ4v) is 4.03. The van der Waals surface area contributed by atoms with Gasteiger partial charge in [0.2, 0.25) is 0 Å². The summed E-state index contributed by atoms with van der Waals surface area (Å²) in [6.45, 7) is 6.91.